The third-order valence-electron chi connectivity index (χ3n) is 5.77. The molecule has 0 saturated heterocycles. The van der Waals surface area contributed by atoms with Gasteiger partial charge in [0, 0.05) is 12.1 Å². The summed E-state index contributed by atoms with van der Waals surface area (Å²) in [5.41, 5.74) is -0.234. The molecule has 2 unspecified atom stereocenters. The molecule has 1 aromatic rings. The molecule has 4 aliphatic carbocycles. The van der Waals surface area contributed by atoms with E-state index in [-0.39, 0.29) is 11.3 Å². The van der Waals surface area contributed by atoms with Crippen molar-refractivity contribution in [1.82, 2.24) is 5.32 Å². The van der Waals surface area contributed by atoms with Crippen LogP contribution in [0.1, 0.15) is 48.9 Å². The number of hydrogen-bond donors (Lipinski definition) is 1. The molecule has 5 rings (SSSR count). The second-order valence-corrected chi connectivity index (χ2v) is 7.66. The Bertz CT molecular complexity index is 542. The highest BCUT2D eigenvalue weighted by atomic mass is 19.1. The van der Waals surface area contributed by atoms with Crippen molar-refractivity contribution in [3.63, 3.8) is 0 Å². The average Bonchev–Trinajstić information content (AvgIpc) is 2.43. The van der Waals surface area contributed by atoms with E-state index in [1.165, 1.54) is 6.42 Å². The smallest absolute Gasteiger partial charge is 0.251 e. The van der Waals surface area contributed by atoms with Crippen molar-refractivity contribution >= 4 is 5.91 Å². The maximum atomic E-state index is 14.9. The van der Waals surface area contributed by atoms with Gasteiger partial charge in [-0.2, -0.15) is 0 Å². The van der Waals surface area contributed by atoms with Crippen molar-refractivity contribution in [2.45, 2.75) is 44.2 Å². The second-order valence-electron chi connectivity index (χ2n) is 7.66. The minimum Gasteiger partial charge on any atom is -0.351 e. The van der Waals surface area contributed by atoms with Crippen molar-refractivity contribution in [2.24, 2.45) is 17.3 Å². The van der Waals surface area contributed by atoms with Crippen LogP contribution >= 0.6 is 0 Å². The summed E-state index contributed by atoms with van der Waals surface area (Å²) < 4.78 is 14.9. The summed E-state index contributed by atoms with van der Waals surface area (Å²) in [5.74, 6) is 1.06. The molecule has 4 bridgehead atoms. The van der Waals surface area contributed by atoms with Gasteiger partial charge in [-0.3, -0.25) is 4.79 Å². The molecule has 0 aromatic heterocycles. The third kappa shape index (κ3) is 2.37. The van der Waals surface area contributed by atoms with Gasteiger partial charge in [-0.1, -0.05) is 18.2 Å². The van der Waals surface area contributed by atoms with E-state index >= 15 is 0 Å². The summed E-state index contributed by atoms with van der Waals surface area (Å²) in [5, 5.41) is 3.07. The molecule has 0 aliphatic heterocycles. The number of carbonyl (C=O) groups is 1. The molecule has 2 atom stereocenters. The van der Waals surface area contributed by atoms with Gasteiger partial charge < -0.3 is 5.32 Å². The van der Waals surface area contributed by atoms with Crippen LogP contribution in [0.5, 0.6) is 0 Å². The van der Waals surface area contributed by atoms with Crippen LogP contribution in [0.4, 0.5) is 4.39 Å². The molecular formula is C18H22FNO. The molecule has 21 heavy (non-hydrogen) atoms. The number of halogens is 1. The molecule has 0 heterocycles. The first-order chi connectivity index (χ1) is 10.1. The van der Waals surface area contributed by atoms with E-state index in [4.69, 9.17) is 0 Å². The van der Waals surface area contributed by atoms with Crippen LogP contribution in [-0.2, 0) is 0 Å². The number of alkyl halides is 1. The molecule has 0 radical (unpaired) electrons. The summed E-state index contributed by atoms with van der Waals surface area (Å²) in [6, 6.07) is 9.30. The van der Waals surface area contributed by atoms with Crippen LogP contribution in [0.15, 0.2) is 30.3 Å². The Kier molecular flexibility index (Phi) is 2.88. The zero-order chi connectivity index (χ0) is 14.5. The fourth-order valence-corrected chi connectivity index (χ4v) is 5.50. The van der Waals surface area contributed by atoms with Gasteiger partial charge in [0.25, 0.3) is 5.91 Å². The number of carbonyl (C=O) groups excluding carboxylic acids is 1. The minimum absolute atomic E-state index is 0.0171. The topological polar surface area (TPSA) is 29.1 Å². The lowest BCUT2D eigenvalue weighted by Crippen LogP contribution is -2.57. The van der Waals surface area contributed by atoms with E-state index in [2.05, 4.69) is 5.32 Å². The molecule has 1 aromatic carbocycles. The first-order valence-electron chi connectivity index (χ1n) is 8.08. The van der Waals surface area contributed by atoms with Crippen LogP contribution in [0.25, 0.3) is 0 Å². The van der Waals surface area contributed by atoms with E-state index in [1.807, 2.05) is 30.3 Å². The zero-order valence-corrected chi connectivity index (χ0v) is 12.3. The van der Waals surface area contributed by atoms with Gasteiger partial charge in [0.05, 0.1) is 0 Å². The quantitative estimate of drug-likeness (QED) is 0.902. The summed E-state index contributed by atoms with van der Waals surface area (Å²) >= 11 is 0. The highest BCUT2D eigenvalue weighted by Crippen LogP contribution is 2.62. The van der Waals surface area contributed by atoms with Gasteiger partial charge in [0.2, 0.25) is 0 Å². The fraction of sp³-hybridized carbons (Fsp3) is 0.611. The van der Waals surface area contributed by atoms with Crippen LogP contribution in [0, 0.1) is 17.3 Å². The van der Waals surface area contributed by atoms with Crippen molar-refractivity contribution in [2.75, 3.05) is 6.54 Å². The molecular weight excluding hydrogens is 265 g/mol. The maximum absolute atomic E-state index is 14.9. The predicted octanol–water partition coefficient (Wildman–Crippen LogP) is 3.72. The predicted molar refractivity (Wildman–Crippen MR) is 79.7 cm³/mol. The van der Waals surface area contributed by atoms with Crippen LogP contribution in [-0.4, -0.2) is 18.1 Å². The van der Waals surface area contributed by atoms with E-state index in [0.29, 0.717) is 30.4 Å². The van der Waals surface area contributed by atoms with Gasteiger partial charge in [0.15, 0.2) is 0 Å². The lowest BCUT2D eigenvalue weighted by Gasteiger charge is -2.59. The molecule has 112 valence electrons. The van der Waals surface area contributed by atoms with Crippen molar-refractivity contribution < 1.29 is 9.18 Å². The number of benzene rings is 1. The highest BCUT2D eigenvalue weighted by molar-refractivity contribution is 5.94. The largest absolute Gasteiger partial charge is 0.351 e. The molecule has 0 spiro atoms. The highest BCUT2D eigenvalue weighted by Gasteiger charge is 2.58. The molecule has 2 nitrogen and oxygen atoms in total. The first kappa shape index (κ1) is 13.3. The molecule has 4 aliphatic rings. The third-order valence-corrected chi connectivity index (χ3v) is 5.77. The van der Waals surface area contributed by atoms with E-state index in [9.17, 15) is 9.18 Å². The number of nitrogens with one attached hydrogen (secondary N) is 1. The Morgan fingerprint density at radius 2 is 1.81 bits per heavy atom. The standard InChI is InChI=1S/C18H22FNO/c19-18-9-13-6-14(10-18)8-17(7-13,11-18)12-20-16(21)15-4-2-1-3-5-15/h1-5,13-14H,6-12H2,(H,20,21). The zero-order valence-electron chi connectivity index (χ0n) is 12.3. The van der Waals surface area contributed by atoms with Crippen LogP contribution < -0.4 is 5.32 Å². The van der Waals surface area contributed by atoms with Gasteiger partial charge in [-0.25, -0.2) is 4.39 Å². The molecule has 3 heteroatoms. The Morgan fingerprint density at radius 3 is 2.43 bits per heavy atom. The Labute approximate surface area is 125 Å². The Balaban J connectivity index is 1.46. The first-order valence-corrected chi connectivity index (χ1v) is 8.08. The fourth-order valence-electron chi connectivity index (χ4n) is 5.50. The van der Waals surface area contributed by atoms with E-state index in [0.717, 1.165) is 25.7 Å². The van der Waals surface area contributed by atoms with Crippen LogP contribution in [0.3, 0.4) is 0 Å². The molecule has 4 fully saturated rings. The Hall–Kier alpha value is -1.38. The monoisotopic (exact) mass is 287 g/mol. The average molecular weight is 287 g/mol. The number of hydrogen-bond acceptors (Lipinski definition) is 1. The normalized spacial score (nSPS) is 40.2. The summed E-state index contributed by atoms with van der Waals surface area (Å²) in [4.78, 5) is 12.2. The Morgan fingerprint density at radius 1 is 1.14 bits per heavy atom. The van der Waals surface area contributed by atoms with Crippen molar-refractivity contribution in [1.29, 1.82) is 0 Å². The van der Waals surface area contributed by atoms with Gasteiger partial charge in [0.1, 0.15) is 5.67 Å². The maximum Gasteiger partial charge on any atom is 0.251 e. The van der Waals surface area contributed by atoms with Crippen molar-refractivity contribution in [3.8, 4) is 0 Å². The summed E-state index contributed by atoms with van der Waals surface area (Å²) in [6.07, 6.45) is 5.59. The SMILES string of the molecule is O=C(NCC12CC3CC(CC(F)(C3)C1)C2)c1ccccc1. The lowest BCUT2D eigenvalue weighted by atomic mass is 9.48. The minimum atomic E-state index is -0.943. The van der Waals surface area contributed by atoms with E-state index in [1.54, 1.807) is 0 Å². The van der Waals surface area contributed by atoms with Gasteiger partial charge >= 0.3 is 0 Å². The number of rotatable bonds is 3. The molecule has 1 amide bonds. The number of amides is 1. The van der Waals surface area contributed by atoms with Gasteiger partial charge in [-0.15, -0.1) is 0 Å². The van der Waals surface area contributed by atoms with Gasteiger partial charge in [-0.05, 0) is 67.9 Å². The summed E-state index contributed by atoms with van der Waals surface area (Å²) in [7, 11) is 0. The second kappa shape index (κ2) is 4.56. The lowest BCUT2D eigenvalue weighted by molar-refractivity contribution is -0.121. The molecule has 1 N–H and O–H groups in total. The molecule has 4 saturated carbocycles. The van der Waals surface area contributed by atoms with Crippen molar-refractivity contribution in [3.05, 3.63) is 35.9 Å². The van der Waals surface area contributed by atoms with Crippen LogP contribution in [0.2, 0.25) is 0 Å². The summed E-state index contributed by atoms with van der Waals surface area (Å²) in [6.45, 7) is 0.638. The van der Waals surface area contributed by atoms with E-state index < -0.39 is 5.67 Å².